The lowest BCUT2D eigenvalue weighted by molar-refractivity contribution is -0.117. The van der Waals surface area contributed by atoms with Crippen LogP contribution in [0.5, 0.6) is 0 Å². The first-order valence-corrected chi connectivity index (χ1v) is 9.39. The fourth-order valence-corrected chi connectivity index (χ4v) is 4.41. The highest BCUT2D eigenvalue weighted by Crippen LogP contribution is 2.33. The van der Waals surface area contributed by atoms with Crippen LogP contribution in [0.25, 0.3) is 15.3 Å². The largest absolute Gasteiger partial charge is 0.323 e. The molecule has 0 aliphatic heterocycles. The number of aromatic nitrogens is 3. The minimum Gasteiger partial charge on any atom is -0.323 e. The Hall–Kier alpha value is -2.99. The Labute approximate surface area is 154 Å². The minimum absolute atomic E-state index is 0.0267. The maximum atomic E-state index is 12.7. The standard InChI is InChI=1S/C20H16N4OS/c25-19(16-10-9-13-5-1-2-6-15(13)16)22-14-11-21-24(12-14)20-23-17-7-3-4-8-18(17)26-20/h1-8,11-12,16H,9-10H2,(H,22,25)/t16-/m1/s1. The predicted octanol–water partition coefficient (Wildman–Crippen LogP) is 4.15. The van der Waals surface area contributed by atoms with Crippen LogP contribution in [0, 0.1) is 0 Å². The fourth-order valence-electron chi connectivity index (χ4n) is 3.51. The van der Waals surface area contributed by atoms with Crippen molar-refractivity contribution in [3.63, 3.8) is 0 Å². The van der Waals surface area contributed by atoms with E-state index in [0.29, 0.717) is 5.69 Å². The highest BCUT2D eigenvalue weighted by molar-refractivity contribution is 7.20. The van der Waals surface area contributed by atoms with Gasteiger partial charge in [-0.15, -0.1) is 0 Å². The molecule has 1 aliphatic rings. The van der Waals surface area contributed by atoms with Gasteiger partial charge in [0.25, 0.3) is 0 Å². The van der Waals surface area contributed by atoms with E-state index in [1.54, 1.807) is 22.2 Å². The van der Waals surface area contributed by atoms with Crippen LogP contribution in [0.1, 0.15) is 23.5 Å². The monoisotopic (exact) mass is 360 g/mol. The van der Waals surface area contributed by atoms with Crippen molar-refractivity contribution < 1.29 is 4.79 Å². The Bertz CT molecular complexity index is 1080. The Morgan fingerprint density at radius 3 is 2.92 bits per heavy atom. The van der Waals surface area contributed by atoms with Crippen LogP contribution in [0.15, 0.2) is 60.9 Å². The third-order valence-corrected chi connectivity index (χ3v) is 5.80. The molecule has 1 atom stereocenters. The molecule has 2 heterocycles. The van der Waals surface area contributed by atoms with Gasteiger partial charge in [-0.25, -0.2) is 9.67 Å². The van der Waals surface area contributed by atoms with E-state index in [4.69, 9.17) is 0 Å². The van der Waals surface area contributed by atoms with Crippen LogP contribution < -0.4 is 5.32 Å². The topological polar surface area (TPSA) is 59.8 Å². The molecule has 0 bridgehead atoms. The molecule has 0 unspecified atom stereocenters. The summed E-state index contributed by atoms with van der Waals surface area (Å²) in [4.78, 5) is 17.3. The summed E-state index contributed by atoms with van der Waals surface area (Å²) in [5.74, 6) is -0.0594. The summed E-state index contributed by atoms with van der Waals surface area (Å²) in [6.45, 7) is 0. The van der Waals surface area contributed by atoms with Gasteiger partial charge in [-0.2, -0.15) is 5.10 Å². The summed E-state index contributed by atoms with van der Waals surface area (Å²) >= 11 is 1.58. The van der Waals surface area contributed by atoms with Gasteiger partial charge < -0.3 is 5.32 Å². The Kier molecular flexibility index (Phi) is 3.57. The van der Waals surface area contributed by atoms with E-state index in [2.05, 4.69) is 27.5 Å². The molecular weight excluding hydrogens is 344 g/mol. The number of carbonyl (C=O) groups is 1. The zero-order valence-corrected chi connectivity index (χ0v) is 14.7. The normalized spacial score (nSPS) is 15.9. The molecule has 1 amide bonds. The molecule has 2 aromatic carbocycles. The number of hydrogen-bond acceptors (Lipinski definition) is 4. The van der Waals surface area contributed by atoms with Crippen molar-refractivity contribution >= 4 is 33.1 Å². The molecule has 4 aromatic rings. The fraction of sp³-hybridized carbons (Fsp3) is 0.150. The predicted molar refractivity (Wildman–Crippen MR) is 103 cm³/mol. The van der Waals surface area contributed by atoms with Crippen molar-refractivity contribution in [2.45, 2.75) is 18.8 Å². The number of para-hydroxylation sites is 1. The molecule has 0 saturated heterocycles. The average molecular weight is 360 g/mol. The second-order valence-corrected chi connectivity index (χ2v) is 7.43. The maximum Gasteiger partial charge on any atom is 0.232 e. The molecule has 0 radical (unpaired) electrons. The second kappa shape index (κ2) is 6.07. The summed E-state index contributed by atoms with van der Waals surface area (Å²) in [6, 6.07) is 16.2. The van der Waals surface area contributed by atoms with Gasteiger partial charge in [0.1, 0.15) is 0 Å². The number of benzene rings is 2. The molecule has 5 rings (SSSR count). The molecule has 0 spiro atoms. The zero-order chi connectivity index (χ0) is 17.5. The van der Waals surface area contributed by atoms with Gasteiger partial charge in [0, 0.05) is 0 Å². The highest BCUT2D eigenvalue weighted by Gasteiger charge is 2.28. The van der Waals surface area contributed by atoms with E-state index in [1.165, 1.54) is 5.56 Å². The van der Waals surface area contributed by atoms with Gasteiger partial charge in [0.2, 0.25) is 11.0 Å². The SMILES string of the molecule is O=C(Nc1cnn(-c2nc3ccccc3s2)c1)[C@@H]1CCc2ccccc21. The Morgan fingerprint density at radius 2 is 2.00 bits per heavy atom. The van der Waals surface area contributed by atoms with Crippen molar-refractivity contribution in [3.8, 4) is 5.13 Å². The van der Waals surface area contributed by atoms with Gasteiger partial charge in [-0.3, -0.25) is 4.79 Å². The smallest absolute Gasteiger partial charge is 0.232 e. The van der Waals surface area contributed by atoms with E-state index in [9.17, 15) is 4.79 Å². The summed E-state index contributed by atoms with van der Waals surface area (Å²) < 4.78 is 2.83. The lowest BCUT2D eigenvalue weighted by Gasteiger charge is -2.10. The number of amides is 1. The maximum absolute atomic E-state index is 12.7. The number of fused-ring (bicyclic) bond motifs is 2. The van der Waals surface area contributed by atoms with Gasteiger partial charge in [0.15, 0.2) is 0 Å². The summed E-state index contributed by atoms with van der Waals surface area (Å²) in [7, 11) is 0. The lowest BCUT2D eigenvalue weighted by atomic mass is 10.0. The van der Waals surface area contributed by atoms with Crippen molar-refractivity contribution in [1.82, 2.24) is 14.8 Å². The van der Waals surface area contributed by atoms with Crippen molar-refractivity contribution in [1.29, 1.82) is 0 Å². The van der Waals surface area contributed by atoms with Crippen LogP contribution >= 0.6 is 11.3 Å². The van der Waals surface area contributed by atoms with Crippen molar-refractivity contribution in [2.75, 3.05) is 5.32 Å². The molecule has 0 saturated carbocycles. The number of nitrogens with one attached hydrogen (secondary N) is 1. The Morgan fingerprint density at radius 1 is 1.15 bits per heavy atom. The van der Waals surface area contributed by atoms with E-state index >= 15 is 0 Å². The summed E-state index contributed by atoms with van der Waals surface area (Å²) in [5, 5.41) is 8.15. The third kappa shape index (κ3) is 2.59. The van der Waals surface area contributed by atoms with Crippen molar-refractivity contribution in [3.05, 3.63) is 72.1 Å². The van der Waals surface area contributed by atoms with Crippen LogP contribution in [-0.2, 0) is 11.2 Å². The quantitative estimate of drug-likeness (QED) is 0.597. The average Bonchev–Trinajstić information content (AvgIpc) is 3.38. The van der Waals surface area contributed by atoms with Crippen LogP contribution in [0.4, 0.5) is 5.69 Å². The van der Waals surface area contributed by atoms with E-state index in [1.807, 2.05) is 42.6 Å². The van der Waals surface area contributed by atoms with Gasteiger partial charge in [-0.05, 0) is 36.1 Å². The molecule has 1 aliphatic carbocycles. The van der Waals surface area contributed by atoms with E-state index < -0.39 is 0 Å². The lowest BCUT2D eigenvalue weighted by Crippen LogP contribution is -2.19. The first-order valence-electron chi connectivity index (χ1n) is 8.57. The second-order valence-electron chi connectivity index (χ2n) is 6.42. The minimum atomic E-state index is -0.0861. The number of rotatable bonds is 3. The van der Waals surface area contributed by atoms with Crippen LogP contribution in [-0.4, -0.2) is 20.7 Å². The molecule has 6 heteroatoms. The third-order valence-electron chi connectivity index (χ3n) is 4.78. The molecule has 128 valence electrons. The highest BCUT2D eigenvalue weighted by atomic mass is 32.1. The van der Waals surface area contributed by atoms with E-state index in [0.717, 1.165) is 33.8 Å². The number of carbonyl (C=O) groups excluding carboxylic acids is 1. The first-order chi connectivity index (χ1) is 12.8. The number of thiazole rings is 1. The van der Waals surface area contributed by atoms with Crippen molar-refractivity contribution in [2.24, 2.45) is 0 Å². The number of aryl methyl sites for hydroxylation is 1. The molecular formula is C20H16N4OS. The number of anilines is 1. The molecule has 0 fully saturated rings. The summed E-state index contributed by atoms with van der Waals surface area (Å²) in [6.07, 6.45) is 5.30. The van der Waals surface area contributed by atoms with Gasteiger partial charge in [0.05, 0.1) is 34.2 Å². The van der Waals surface area contributed by atoms with Crippen LogP contribution in [0.3, 0.4) is 0 Å². The first kappa shape index (κ1) is 15.3. The summed E-state index contributed by atoms with van der Waals surface area (Å²) in [5.41, 5.74) is 4.07. The number of hydrogen-bond donors (Lipinski definition) is 1. The molecule has 26 heavy (non-hydrogen) atoms. The van der Waals surface area contributed by atoms with E-state index in [-0.39, 0.29) is 11.8 Å². The van der Waals surface area contributed by atoms with Gasteiger partial charge >= 0.3 is 0 Å². The zero-order valence-electron chi connectivity index (χ0n) is 13.9. The van der Waals surface area contributed by atoms with Crippen LogP contribution in [0.2, 0.25) is 0 Å². The Balaban J connectivity index is 1.37. The molecule has 2 aromatic heterocycles. The van der Waals surface area contributed by atoms with Gasteiger partial charge in [-0.1, -0.05) is 47.7 Å². The molecule has 5 nitrogen and oxygen atoms in total. The molecule has 1 N–H and O–H groups in total. The number of nitrogens with zero attached hydrogens (tertiary/aromatic N) is 3.